The molecule has 0 heterocycles. The highest BCUT2D eigenvalue weighted by Gasteiger charge is 2.26. The quantitative estimate of drug-likeness (QED) is 0.650. The van der Waals surface area contributed by atoms with Gasteiger partial charge in [-0.15, -0.1) is 6.42 Å². The van der Waals surface area contributed by atoms with Crippen LogP contribution in [0.4, 0.5) is 0 Å². The Morgan fingerprint density at radius 2 is 1.50 bits per heavy atom. The molecule has 0 saturated carbocycles. The Morgan fingerprint density at radius 1 is 1.05 bits per heavy atom. The summed E-state index contributed by atoms with van der Waals surface area (Å²) in [6.07, 6.45) is 5.26. The van der Waals surface area contributed by atoms with Gasteiger partial charge < -0.3 is 10.4 Å². The summed E-state index contributed by atoms with van der Waals surface area (Å²) in [4.78, 5) is 0. The molecule has 0 atom stereocenters. The van der Waals surface area contributed by atoms with Gasteiger partial charge in [-0.1, -0.05) is 59.6 Å². The highest BCUT2D eigenvalue weighted by Crippen LogP contribution is 2.39. The summed E-state index contributed by atoms with van der Waals surface area (Å²) in [6.45, 7) is 14.0. The van der Waals surface area contributed by atoms with Crippen LogP contribution in [0.5, 0.6) is 5.75 Å². The third-order valence-electron chi connectivity index (χ3n) is 3.34. The fourth-order valence-electron chi connectivity index (χ4n) is 2.22. The van der Waals surface area contributed by atoms with E-state index in [2.05, 4.69) is 64.9 Å². The first-order valence-corrected chi connectivity index (χ1v) is 7.08. The van der Waals surface area contributed by atoms with Crippen molar-refractivity contribution in [3.63, 3.8) is 0 Å². The molecule has 0 bridgehead atoms. The van der Waals surface area contributed by atoms with Crippen LogP contribution in [0.25, 0.3) is 0 Å². The number of hydrogen-bond donors (Lipinski definition) is 2. The number of phenolic OH excluding ortho intramolecular Hbond substituents is 1. The van der Waals surface area contributed by atoms with Crippen molar-refractivity contribution in [1.82, 2.24) is 5.32 Å². The van der Waals surface area contributed by atoms with Crippen LogP contribution in [-0.4, -0.2) is 11.7 Å². The minimum Gasteiger partial charge on any atom is -0.507 e. The highest BCUT2D eigenvalue weighted by molar-refractivity contribution is 5.49. The molecule has 0 amide bonds. The molecule has 0 fully saturated rings. The van der Waals surface area contributed by atoms with Gasteiger partial charge in [0, 0.05) is 6.54 Å². The van der Waals surface area contributed by atoms with Crippen LogP contribution in [-0.2, 0) is 17.4 Å². The van der Waals surface area contributed by atoms with Crippen LogP contribution in [0.3, 0.4) is 0 Å². The summed E-state index contributed by atoms with van der Waals surface area (Å²) < 4.78 is 0. The topological polar surface area (TPSA) is 32.3 Å². The van der Waals surface area contributed by atoms with Gasteiger partial charge in [0.25, 0.3) is 0 Å². The fourth-order valence-corrected chi connectivity index (χ4v) is 2.22. The van der Waals surface area contributed by atoms with E-state index in [-0.39, 0.29) is 10.8 Å². The summed E-state index contributed by atoms with van der Waals surface area (Å²) in [5.74, 6) is 3.00. The zero-order valence-electron chi connectivity index (χ0n) is 13.6. The molecule has 1 rings (SSSR count). The maximum absolute atomic E-state index is 10.6. The van der Waals surface area contributed by atoms with Gasteiger partial charge in [-0.05, 0) is 27.5 Å². The Kier molecular flexibility index (Phi) is 4.89. The van der Waals surface area contributed by atoms with Gasteiger partial charge in [-0.25, -0.2) is 0 Å². The van der Waals surface area contributed by atoms with E-state index in [1.807, 2.05) is 0 Å². The first kappa shape index (κ1) is 16.6. The molecule has 2 nitrogen and oxygen atoms in total. The third-order valence-corrected chi connectivity index (χ3v) is 3.34. The van der Waals surface area contributed by atoms with Crippen LogP contribution in [0.2, 0.25) is 0 Å². The Balaban J connectivity index is 3.32. The van der Waals surface area contributed by atoms with E-state index in [4.69, 9.17) is 6.42 Å². The SMILES string of the molecule is C#CCNCc1cc(C(C)(C)C)c(O)c(C(C)(C)C)c1. The molecular formula is C18H27NO. The van der Waals surface area contributed by atoms with E-state index in [1.165, 1.54) is 0 Å². The average Bonchev–Trinajstić information content (AvgIpc) is 2.28. The standard InChI is InChI=1S/C18H27NO/c1-8-9-19-12-13-10-14(17(2,3)4)16(20)15(11-13)18(5,6)7/h1,10-11,19-20H,9,12H2,2-7H3. The zero-order valence-corrected chi connectivity index (χ0v) is 13.6. The van der Waals surface area contributed by atoms with E-state index >= 15 is 0 Å². The van der Waals surface area contributed by atoms with Crippen molar-refractivity contribution in [2.45, 2.75) is 58.9 Å². The number of benzene rings is 1. The van der Waals surface area contributed by atoms with Gasteiger partial charge in [-0.2, -0.15) is 0 Å². The van der Waals surface area contributed by atoms with Crippen LogP contribution in [0.15, 0.2) is 12.1 Å². The number of nitrogens with one attached hydrogen (secondary N) is 1. The second kappa shape index (κ2) is 5.89. The molecular weight excluding hydrogens is 246 g/mol. The van der Waals surface area contributed by atoms with Gasteiger partial charge in [0.2, 0.25) is 0 Å². The summed E-state index contributed by atoms with van der Waals surface area (Å²) in [5, 5.41) is 13.8. The van der Waals surface area contributed by atoms with Gasteiger partial charge in [-0.3, -0.25) is 0 Å². The van der Waals surface area contributed by atoms with E-state index in [1.54, 1.807) is 0 Å². The number of phenols is 1. The van der Waals surface area contributed by atoms with Crippen molar-refractivity contribution >= 4 is 0 Å². The number of rotatable bonds is 3. The highest BCUT2D eigenvalue weighted by atomic mass is 16.3. The lowest BCUT2D eigenvalue weighted by molar-refractivity contribution is 0.422. The summed E-state index contributed by atoms with van der Waals surface area (Å²) in [5.41, 5.74) is 2.95. The van der Waals surface area contributed by atoms with Gasteiger partial charge in [0.15, 0.2) is 0 Å². The van der Waals surface area contributed by atoms with Crippen LogP contribution >= 0.6 is 0 Å². The monoisotopic (exact) mass is 273 g/mol. The Labute approximate surface area is 123 Å². The Bertz CT molecular complexity index is 475. The van der Waals surface area contributed by atoms with E-state index in [9.17, 15) is 5.11 Å². The molecule has 2 N–H and O–H groups in total. The lowest BCUT2D eigenvalue weighted by atomic mass is 9.78. The minimum atomic E-state index is -0.0911. The van der Waals surface area contributed by atoms with Crippen molar-refractivity contribution in [3.05, 3.63) is 28.8 Å². The third kappa shape index (κ3) is 4.02. The number of aromatic hydroxyl groups is 1. The fraction of sp³-hybridized carbons (Fsp3) is 0.556. The molecule has 0 aromatic heterocycles. The second-order valence-electron chi connectivity index (χ2n) is 7.35. The lowest BCUT2D eigenvalue weighted by Crippen LogP contribution is -2.20. The lowest BCUT2D eigenvalue weighted by Gasteiger charge is -2.28. The number of terminal acetylenes is 1. The van der Waals surface area contributed by atoms with Gasteiger partial charge in [0.05, 0.1) is 6.54 Å². The van der Waals surface area contributed by atoms with Crippen LogP contribution in [0.1, 0.15) is 58.2 Å². The maximum atomic E-state index is 10.6. The minimum absolute atomic E-state index is 0.0911. The van der Waals surface area contributed by atoms with Crippen molar-refractivity contribution in [3.8, 4) is 18.1 Å². The molecule has 110 valence electrons. The molecule has 0 aliphatic carbocycles. The van der Waals surface area contributed by atoms with Gasteiger partial charge in [0.1, 0.15) is 5.75 Å². The Morgan fingerprint density at radius 3 is 1.85 bits per heavy atom. The Hall–Kier alpha value is -1.46. The van der Waals surface area contributed by atoms with Crippen LogP contribution in [0, 0.1) is 12.3 Å². The molecule has 1 aromatic carbocycles. The molecule has 0 radical (unpaired) electrons. The van der Waals surface area contributed by atoms with Crippen molar-refractivity contribution < 1.29 is 5.11 Å². The molecule has 1 aromatic rings. The molecule has 0 spiro atoms. The first-order chi connectivity index (χ1) is 9.07. The second-order valence-corrected chi connectivity index (χ2v) is 7.35. The smallest absolute Gasteiger partial charge is 0.123 e. The predicted octanol–water partition coefficient (Wildman–Crippen LogP) is 3.71. The molecule has 0 unspecified atom stereocenters. The van der Waals surface area contributed by atoms with E-state index in [0.717, 1.165) is 23.2 Å². The normalized spacial score (nSPS) is 12.2. The van der Waals surface area contributed by atoms with E-state index in [0.29, 0.717) is 12.3 Å². The predicted molar refractivity (Wildman–Crippen MR) is 86.0 cm³/mol. The summed E-state index contributed by atoms with van der Waals surface area (Å²) >= 11 is 0. The van der Waals surface area contributed by atoms with Crippen molar-refractivity contribution in [1.29, 1.82) is 0 Å². The molecule has 0 aliphatic rings. The van der Waals surface area contributed by atoms with Crippen molar-refractivity contribution in [2.75, 3.05) is 6.54 Å². The molecule has 2 heteroatoms. The largest absolute Gasteiger partial charge is 0.507 e. The maximum Gasteiger partial charge on any atom is 0.123 e. The van der Waals surface area contributed by atoms with Gasteiger partial charge >= 0.3 is 0 Å². The molecule has 0 aliphatic heterocycles. The zero-order chi connectivity index (χ0) is 15.6. The first-order valence-electron chi connectivity index (χ1n) is 7.08. The summed E-state index contributed by atoms with van der Waals surface area (Å²) in [6, 6.07) is 4.15. The van der Waals surface area contributed by atoms with Crippen LogP contribution < -0.4 is 5.32 Å². The average molecular weight is 273 g/mol. The molecule has 0 saturated heterocycles. The van der Waals surface area contributed by atoms with E-state index < -0.39 is 0 Å². The summed E-state index contributed by atoms with van der Waals surface area (Å²) in [7, 11) is 0. The van der Waals surface area contributed by atoms with Crippen molar-refractivity contribution in [2.24, 2.45) is 0 Å². The number of hydrogen-bond acceptors (Lipinski definition) is 2. The molecule has 20 heavy (non-hydrogen) atoms.